The predicted molar refractivity (Wildman–Crippen MR) is 51.6 cm³/mol. The molecule has 0 aliphatic carbocycles. The van der Waals surface area contributed by atoms with Crippen LogP contribution in [-0.4, -0.2) is 21.0 Å². The van der Waals surface area contributed by atoms with Crippen molar-refractivity contribution in [1.82, 2.24) is 4.98 Å². The van der Waals surface area contributed by atoms with Crippen LogP contribution >= 0.6 is 0 Å². The van der Waals surface area contributed by atoms with Gasteiger partial charge in [0.15, 0.2) is 0 Å². The van der Waals surface area contributed by atoms with Crippen molar-refractivity contribution in [2.75, 3.05) is 5.73 Å². The number of nitrogen functional groups attached to an aromatic ring is 1. The fourth-order valence-corrected chi connectivity index (χ4v) is 1.27. The van der Waals surface area contributed by atoms with E-state index >= 15 is 0 Å². The van der Waals surface area contributed by atoms with Crippen LogP contribution in [0.25, 0.3) is 0 Å². The number of aliphatic carboxylic acids is 1. The number of carbonyl (C=O) groups is 1. The average molecular weight is 247 g/mol. The third-order valence-electron chi connectivity index (χ3n) is 1.96. The highest BCUT2D eigenvalue weighted by Gasteiger charge is 2.29. The molecule has 0 unspecified atom stereocenters. The molecule has 0 amide bonds. The summed E-state index contributed by atoms with van der Waals surface area (Å²) in [5.74, 6) is -1.86. The number of hydrogen-bond donors (Lipinski definition) is 2. The summed E-state index contributed by atoms with van der Waals surface area (Å²) >= 11 is 0. The molecule has 0 atom stereocenters. The van der Waals surface area contributed by atoms with Crippen LogP contribution < -0.4 is 5.73 Å². The number of rotatable bonds is 4. The Bertz CT molecular complexity index is 478. The minimum absolute atomic E-state index is 0.441. The Labute approximate surface area is 93.0 Å². The molecule has 0 spiro atoms. The largest absolute Gasteiger partial charge is 0.481 e. The van der Waals surface area contributed by atoms with Crippen LogP contribution in [0.15, 0.2) is 6.20 Å². The number of carboxylic acids is 1. The summed E-state index contributed by atoms with van der Waals surface area (Å²) in [6.07, 6.45) is -3.39. The Morgan fingerprint density at radius 1 is 1.65 bits per heavy atom. The van der Waals surface area contributed by atoms with E-state index in [0.29, 0.717) is 6.20 Å². The first-order valence-corrected chi connectivity index (χ1v) is 4.26. The molecular formula is C8H7F2N3O4. The first-order chi connectivity index (χ1) is 7.84. The lowest BCUT2D eigenvalue weighted by atomic mass is 10.1. The van der Waals surface area contributed by atoms with E-state index in [-0.39, 0.29) is 0 Å². The lowest BCUT2D eigenvalue weighted by Gasteiger charge is -2.07. The molecule has 1 heterocycles. The molecule has 1 aromatic heterocycles. The highest BCUT2D eigenvalue weighted by molar-refractivity contribution is 5.75. The quantitative estimate of drug-likeness (QED) is 0.608. The molecule has 92 valence electrons. The lowest BCUT2D eigenvalue weighted by Crippen LogP contribution is -2.11. The van der Waals surface area contributed by atoms with Crippen LogP contribution in [0, 0.1) is 10.1 Å². The van der Waals surface area contributed by atoms with Crippen molar-refractivity contribution in [1.29, 1.82) is 0 Å². The molecule has 0 bridgehead atoms. The van der Waals surface area contributed by atoms with Crippen LogP contribution in [-0.2, 0) is 11.2 Å². The summed E-state index contributed by atoms with van der Waals surface area (Å²) in [6.45, 7) is 0. The Morgan fingerprint density at radius 3 is 2.65 bits per heavy atom. The maximum atomic E-state index is 12.5. The van der Waals surface area contributed by atoms with Gasteiger partial charge in [-0.25, -0.2) is 13.8 Å². The predicted octanol–water partition coefficient (Wildman–Crippen LogP) is 1.14. The molecular weight excluding hydrogens is 240 g/mol. The number of nitro groups is 1. The SMILES string of the molecule is Nc1ncc(C(F)F)c([N+](=O)[O-])c1CC(=O)O. The van der Waals surface area contributed by atoms with Crippen molar-refractivity contribution in [3.8, 4) is 0 Å². The van der Waals surface area contributed by atoms with Crippen LogP contribution in [0.4, 0.5) is 20.3 Å². The van der Waals surface area contributed by atoms with Crippen LogP contribution in [0.1, 0.15) is 17.6 Å². The second-order valence-electron chi connectivity index (χ2n) is 3.05. The number of halogens is 2. The number of nitrogens with zero attached hydrogens (tertiary/aromatic N) is 2. The topological polar surface area (TPSA) is 119 Å². The minimum atomic E-state index is -3.13. The summed E-state index contributed by atoms with van der Waals surface area (Å²) in [7, 11) is 0. The standard InChI is InChI=1S/C8H7F2N3O4/c9-7(10)4-2-12-8(11)3(1-5(14)15)6(4)13(16)17/h2,7H,1H2,(H2,11,12)(H,14,15). The minimum Gasteiger partial charge on any atom is -0.481 e. The number of alkyl halides is 2. The third-order valence-corrected chi connectivity index (χ3v) is 1.96. The maximum Gasteiger partial charge on any atom is 0.308 e. The van der Waals surface area contributed by atoms with Crippen molar-refractivity contribution in [3.05, 3.63) is 27.4 Å². The zero-order valence-corrected chi connectivity index (χ0v) is 8.26. The molecule has 1 aromatic rings. The zero-order valence-electron chi connectivity index (χ0n) is 8.26. The van der Waals surface area contributed by atoms with Gasteiger partial charge in [0.1, 0.15) is 11.4 Å². The molecule has 0 fully saturated rings. The summed E-state index contributed by atoms with van der Waals surface area (Å²) < 4.78 is 25.0. The van der Waals surface area contributed by atoms with Gasteiger partial charge in [0.2, 0.25) is 0 Å². The highest BCUT2D eigenvalue weighted by Crippen LogP contribution is 2.33. The average Bonchev–Trinajstić information content (AvgIpc) is 2.19. The van der Waals surface area contributed by atoms with Gasteiger partial charge in [-0.1, -0.05) is 0 Å². The van der Waals surface area contributed by atoms with Crippen molar-refractivity contribution in [2.45, 2.75) is 12.8 Å². The van der Waals surface area contributed by atoms with Crippen molar-refractivity contribution >= 4 is 17.5 Å². The highest BCUT2D eigenvalue weighted by atomic mass is 19.3. The summed E-state index contributed by atoms with van der Waals surface area (Å²) in [5.41, 5.74) is 2.80. The first kappa shape index (κ1) is 12.7. The van der Waals surface area contributed by atoms with Crippen LogP contribution in [0.3, 0.4) is 0 Å². The molecule has 0 saturated heterocycles. The van der Waals surface area contributed by atoms with Gasteiger partial charge in [0.25, 0.3) is 12.1 Å². The summed E-state index contributed by atoms with van der Waals surface area (Å²) in [6, 6.07) is 0. The van der Waals surface area contributed by atoms with Gasteiger partial charge in [0, 0.05) is 6.20 Å². The smallest absolute Gasteiger partial charge is 0.308 e. The zero-order chi connectivity index (χ0) is 13.2. The van der Waals surface area contributed by atoms with Crippen molar-refractivity contribution in [3.63, 3.8) is 0 Å². The van der Waals surface area contributed by atoms with Gasteiger partial charge in [-0.2, -0.15) is 0 Å². The molecule has 9 heteroatoms. The number of hydrogen-bond acceptors (Lipinski definition) is 5. The Morgan fingerprint density at radius 2 is 2.24 bits per heavy atom. The molecule has 1 rings (SSSR count). The molecule has 0 aliphatic rings. The number of aromatic nitrogens is 1. The molecule has 0 aliphatic heterocycles. The van der Waals surface area contributed by atoms with Crippen molar-refractivity contribution < 1.29 is 23.6 Å². The Kier molecular flexibility index (Phi) is 3.51. The maximum absolute atomic E-state index is 12.5. The van der Waals surface area contributed by atoms with Gasteiger partial charge in [-0.15, -0.1) is 0 Å². The molecule has 0 radical (unpaired) electrons. The Hall–Kier alpha value is -2.32. The van der Waals surface area contributed by atoms with Gasteiger partial charge in [-0.05, 0) is 0 Å². The van der Waals surface area contributed by atoms with Gasteiger partial charge < -0.3 is 10.8 Å². The monoisotopic (exact) mass is 247 g/mol. The van der Waals surface area contributed by atoms with Gasteiger partial charge in [-0.3, -0.25) is 14.9 Å². The van der Waals surface area contributed by atoms with E-state index in [1.165, 1.54) is 0 Å². The van der Waals surface area contributed by atoms with E-state index in [1.54, 1.807) is 0 Å². The number of anilines is 1. The van der Waals surface area contributed by atoms with Crippen molar-refractivity contribution in [2.24, 2.45) is 0 Å². The van der Waals surface area contributed by atoms with E-state index < -0.39 is 46.4 Å². The van der Waals surface area contributed by atoms with Crippen LogP contribution in [0.2, 0.25) is 0 Å². The molecule has 3 N–H and O–H groups in total. The van der Waals surface area contributed by atoms with E-state index in [2.05, 4.69) is 4.98 Å². The van der Waals surface area contributed by atoms with E-state index in [1.807, 2.05) is 0 Å². The normalized spacial score (nSPS) is 10.5. The van der Waals surface area contributed by atoms with Crippen LogP contribution in [0.5, 0.6) is 0 Å². The second-order valence-corrected chi connectivity index (χ2v) is 3.05. The van der Waals surface area contributed by atoms with Gasteiger partial charge >= 0.3 is 5.97 Å². The fourth-order valence-electron chi connectivity index (χ4n) is 1.27. The van der Waals surface area contributed by atoms with Gasteiger partial charge in [0.05, 0.1) is 16.9 Å². The number of pyridine rings is 1. The van der Waals surface area contributed by atoms with E-state index in [4.69, 9.17) is 10.8 Å². The fraction of sp³-hybridized carbons (Fsp3) is 0.250. The number of carboxylic acid groups (broad SMARTS) is 1. The molecule has 17 heavy (non-hydrogen) atoms. The lowest BCUT2D eigenvalue weighted by molar-refractivity contribution is -0.387. The first-order valence-electron chi connectivity index (χ1n) is 4.26. The molecule has 7 nitrogen and oxygen atoms in total. The second kappa shape index (κ2) is 4.68. The third kappa shape index (κ3) is 2.62. The summed E-state index contributed by atoms with van der Waals surface area (Å²) in [5, 5.41) is 19.2. The summed E-state index contributed by atoms with van der Waals surface area (Å²) in [4.78, 5) is 23.4. The van der Waals surface area contributed by atoms with E-state index in [9.17, 15) is 23.7 Å². The number of nitrogens with two attached hydrogens (primary N) is 1. The Balaban J connectivity index is 3.48. The molecule has 0 saturated carbocycles. The van der Waals surface area contributed by atoms with E-state index in [0.717, 1.165) is 0 Å². The molecule has 0 aromatic carbocycles.